The van der Waals surface area contributed by atoms with Crippen molar-refractivity contribution < 1.29 is 9.90 Å². The van der Waals surface area contributed by atoms with E-state index in [1.54, 1.807) is 12.1 Å². The van der Waals surface area contributed by atoms with Crippen molar-refractivity contribution in [1.29, 1.82) is 0 Å². The van der Waals surface area contributed by atoms with E-state index < -0.39 is 5.97 Å². The van der Waals surface area contributed by atoms with E-state index in [1.165, 1.54) is 0 Å². The van der Waals surface area contributed by atoms with Crippen LogP contribution in [-0.4, -0.2) is 15.6 Å². The van der Waals surface area contributed by atoms with Gasteiger partial charge in [-0.3, -0.25) is 0 Å². The minimum atomic E-state index is -0.895. The summed E-state index contributed by atoms with van der Waals surface area (Å²) in [5.74, 6) is -0.895. The molecule has 0 saturated carbocycles. The fraction of sp³-hybridized carbons (Fsp3) is 0.100. The molecule has 0 amide bonds. The highest BCUT2D eigenvalue weighted by Crippen LogP contribution is 2.25. The Morgan fingerprint density at radius 3 is 2.86 bits per heavy atom. The molecule has 0 saturated heterocycles. The van der Waals surface area contributed by atoms with Crippen molar-refractivity contribution >= 4 is 32.8 Å². The van der Waals surface area contributed by atoms with Gasteiger partial charge in [-0.15, -0.1) is 0 Å². The summed E-state index contributed by atoms with van der Waals surface area (Å²) >= 11 is 3.36. The summed E-state index contributed by atoms with van der Waals surface area (Å²) in [6.45, 7) is 0. The molecular weight excluding hydrogens is 246 g/mol. The van der Waals surface area contributed by atoms with Crippen molar-refractivity contribution in [1.82, 2.24) is 4.57 Å². The van der Waals surface area contributed by atoms with Crippen LogP contribution in [0.5, 0.6) is 0 Å². The summed E-state index contributed by atoms with van der Waals surface area (Å²) in [5, 5.41) is 9.72. The molecule has 0 fully saturated rings. The van der Waals surface area contributed by atoms with Crippen molar-refractivity contribution in [3.05, 3.63) is 34.4 Å². The summed E-state index contributed by atoms with van der Waals surface area (Å²) in [5.41, 5.74) is 1.25. The molecular formula is C10H8BrNO2. The number of nitrogens with zero attached hydrogens (tertiary/aromatic N) is 1. The predicted octanol–water partition coefficient (Wildman–Crippen LogP) is 2.64. The van der Waals surface area contributed by atoms with Crippen LogP contribution in [0.3, 0.4) is 0 Å². The number of aromatic nitrogens is 1. The minimum absolute atomic E-state index is 0.337. The van der Waals surface area contributed by atoms with Crippen LogP contribution in [0.15, 0.2) is 28.9 Å². The Bertz CT molecular complexity index is 516. The van der Waals surface area contributed by atoms with Crippen LogP contribution >= 0.6 is 15.9 Å². The largest absolute Gasteiger partial charge is 0.478 e. The molecule has 2 rings (SSSR count). The highest BCUT2D eigenvalue weighted by Gasteiger charge is 2.11. The number of hydrogen-bond donors (Lipinski definition) is 1. The maximum Gasteiger partial charge on any atom is 0.336 e. The molecule has 4 heteroatoms. The molecule has 1 aromatic carbocycles. The molecule has 0 aliphatic heterocycles. The number of benzene rings is 1. The monoisotopic (exact) mass is 253 g/mol. The highest BCUT2D eigenvalue weighted by molar-refractivity contribution is 9.10. The van der Waals surface area contributed by atoms with Gasteiger partial charge in [0.05, 0.1) is 10.2 Å². The molecule has 1 heterocycles. The summed E-state index contributed by atoms with van der Waals surface area (Å²) in [6, 6.07) is 7.07. The van der Waals surface area contributed by atoms with Gasteiger partial charge in [0.25, 0.3) is 0 Å². The van der Waals surface area contributed by atoms with Crippen LogP contribution < -0.4 is 0 Å². The lowest BCUT2D eigenvalue weighted by molar-refractivity contribution is 0.0699. The first kappa shape index (κ1) is 9.27. The third kappa shape index (κ3) is 1.23. The van der Waals surface area contributed by atoms with Gasteiger partial charge in [-0.1, -0.05) is 6.07 Å². The fourth-order valence-corrected chi connectivity index (χ4v) is 1.93. The summed E-state index contributed by atoms with van der Waals surface area (Å²) in [7, 11) is 1.89. The number of aromatic carboxylic acids is 1. The average Bonchev–Trinajstić information content (AvgIpc) is 2.43. The van der Waals surface area contributed by atoms with E-state index in [4.69, 9.17) is 5.11 Å². The molecule has 1 aromatic heterocycles. The second-order valence-electron chi connectivity index (χ2n) is 3.07. The second kappa shape index (κ2) is 3.13. The van der Waals surface area contributed by atoms with Gasteiger partial charge in [0.2, 0.25) is 0 Å². The van der Waals surface area contributed by atoms with E-state index in [-0.39, 0.29) is 0 Å². The Morgan fingerprint density at radius 1 is 1.50 bits per heavy atom. The van der Waals surface area contributed by atoms with Crippen LogP contribution in [0.25, 0.3) is 10.9 Å². The third-order valence-corrected chi connectivity index (χ3v) is 3.02. The molecule has 0 atom stereocenters. The number of carbonyl (C=O) groups is 1. The number of carboxylic acid groups (broad SMARTS) is 1. The zero-order valence-corrected chi connectivity index (χ0v) is 9.08. The predicted molar refractivity (Wildman–Crippen MR) is 57.6 cm³/mol. The SMILES string of the molecule is Cn1c(Br)cc2c(C(=O)O)cccc21. The van der Waals surface area contributed by atoms with E-state index in [2.05, 4.69) is 15.9 Å². The van der Waals surface area contributed by atoms with E-state index in [0.717, 1.165) is 15.5 Å². The number of fused-ring (bicyclic) bond motifs is 1. The lowest BCUT2D eigenvalue weighted by atomic mass is 10.1. The first-order chi connectivity index (χ1) is 6.61. The van der Waals surface area contributed by atoms with Crippen molar-refractivity contribution in [2.24, 2.45) is 7.05 Å². The Labute approximate surface area is 89.1 Å². The molecule has 0 unspecified atom stereocenters. The maximum absolute atomic E-state index is 10.9. The van der Waals surface area contributed by atoms with Crippen molar-refractivity contribution in [3.8, 4) is 0 Å². The molecule has 0 radical (unpaired) electrons. The van der Waals surface area contributed by atoms with E-state index in [9.17, 15) is 4.79 Å². The van der Waals surface area contributed by atoms with E-state index in [0.29, 0.717) is 5.56 Å². The quantitative estimate of drug-likeness (QED) is 0.849. The third-order valence-electron chi connectivity index (χ3n) is 2.26. The number of aryl methyl sites for hydroxylation is 1. The van der Waals surface area contributed by atoms with Crippen LogP contribution in [0.4, 0.5) is 0 Å². The second-order valence-corrected chi connectivity index (χ2v) is 3.88. The Balaban J connectivity index is 2.88. The fourth-order valence-electron chi connectivity index (χ4n) is 1.51. The maximum atomic E-state index is 10.9. The first-order valence-electron chi connectivity index (χ1n) is 4.08. The zero-order chi connectivity index (χ0) is 10.3. The summed E-state index contributed by atoms with van der Waals surface area (Å²) < 4.78 is 2.78. The average molecular weight is 254 g/mol. The van der Waals surface area contributed by atoms with Crippen molar-refractivity contribution in [2.75, 3.05) is 0 Å². The summed E-state index contributed by atoms with van der Waals surface area (Å²) in [4.78, 5) is 10.9. The Kier molecular flexibility index (Phi) is 2.07. The van der Waals surface area contributed by atoms with Gasteiger partial charge in [-0.25, -0.2) is 4.79 Å². The van der Waals surface area contributed by atoms with Gasteiger partial charge < -0.3 is 9.67 Å². The summed E-state index contributed by atoms with van der Waals surface area (Å²) in [6.07, 6.45) is 0. The minimum Gasteiger partial charge on any atom is -0.478 e. The van der Waals surface area contributed by atoms with Gasteiger partial charge >= 0.3 is 5.97 Å². The van der Waals surface area contributed by atoms with Gasteiger partial charge in [-0.05, 0) is 34.1 Å². The first-order valence-corrected chi connectivity index (χ1v) is 4.88. The van der Waals surface area contributed by atoms with Crippen molar-refractivity contribution in [2.45, 2.75) is 0 Å². The smallest absolute Gasteiger partial charge is 0.336 e. The molecule has 72 valence electrons. The molecule has 14 heavy (non-hydrogen) atoms. The lowest BCUT2D eigenvalue weighted by Crippen LogP contribution is -1.96. The van der Waals surface area contributed by atoms with Crippen LogP contribution in [-0.2, 0) is 7.05 Å². The molecule has 0 aliphatic rings. The Morgan fingerprint density at radius 2 is 2.21 bits per heavy atom. The number of carboxylic acids is 1. The van der Waals surface area contributed by atoms with E-state index in [1.807, 2.05) is 23.7 Å². The Hall–Kier alpha value is -1.29. The highest BCUT2D eigenvalue weighted by atomic mass is 79.9. The van der Waals surface area contributed by atoms with Crippen LogP contribution in [0.2, 0.25) is 0 Å². The van der Waals surface area contributed by atoms with Gasteiger partial charge in [0, 0.05) is 18.0 Å². The molecule has 0 spiro atoms. The molecule has 3 nitrogen and oxygen atoms in total. The standard InChI is InChI=1S/C10H8BrNO2/c1-12-8-4-2-3-6(10(13)14)7(8)5-9(12)11/h2-5H,1H3,(H,13,14). The number of rotatable bonds is 1. The normalized spacial score (nSPS) is 10.7. The van der Waals surface area contributed by atoms with Gasteiger partial charge in [0.15, 0.2) is 0 Å². The van der Waals surface area contributed by atoms with E-state index >= 15 is 0 Å². The number of halogens is 1. The molecule has 0 aliphatic carbocycles. The molecule has 1 N–H and O–H groups in total. The molecule has 0 bridgehead atoms. The molecule has 2 aromatic rings. The zero-order valence-electron chi connectivity index (χ0n) is 7.49. The topological polar surface area (TPSA) is 42.2 Å². The van der Waals surface area contributed by atoms with Gasteiger partial charge in [0.1, 0.15) is 0 Å². The lowest BCUT2D eigenvalue weighted by Gasteiger charge is -1.99. The number of hydrogen-bond acceptors (Lipinski definition) is 1. The van der Waals surface area contributed by atoms with Crippen LogP contribution in [0.1, 0.15) is 10.4 Å². The van der Waals surface area contributed by atoms with Crippen LogP contribution in [0, 0.1) is 0 Å². The van der Waals surface area contributed by atoms with Crippen molar-refractivity contribution in [3.63, 3.8) is 0 Å². The van der Waals surface area contributed by atoms with Gasteiger partial charge in [-0.2, -0.15) is 0 Å².